The van der Waals surface area contributed by atoms with E-state index in [1.807, 2.05) is 55.5 Å². The molecule has 3 aromatic rings. The molecule has 0 N–H and O–H groups in total. The molecule has 0 aliphatic heterocycles. The van der Waals surface area contributed by atoms with Gasteiger partial charge in [-0.2, -0.15) is 4.80 Å². The van der Waals surface area contributed by atoms with Gasteiger partial charge in [0.25, 0.3) is 0 Å². The SMILES string of the molecule is Cc1ccccc1-c1nnn(CCOc2ccc(Br)cc2)n1. The number of rotatable bonds is 5. The molecular formula is C16H15BrN4O. The number of aryl methyl sites for hydroxylation is 1. The molecule has 2 aromatic carbocycles. The van der Waals surface area contributed by atoms with E-state index in [0.717, 1.165) is 21.3 Å². The highest BCUT2D eigenvalue weighted by molar-refractivity contribution is 9.10. The minimum Gasteiger partial charge on any atom is -0.492 e. The van der Waals surface area contributed by atoms with Crippen molar-refractivity contribution in [3.63, 3.8) is 0 Å². The van der Waals surface area contributed by atoms with Crippen LogP contribution in [-0.4, -0.2) is 26.8 Å². The van der Waals surface area contributed by atoms with Gasteiger partial charge in [0.2, 0.25) is 5.82 Å². The Balaban J connectivity index is 1.60. The van der Waals surface area contributed by atoms with Crippen molar-refractivity contribution in [3.05, 3.63) is 58.6 Å². The lowest BCUT2D eigenvalue weighted by Gasteiger charge is -2.05. The molecule has 1 heterocycles. The number of halogens is 1. The van der Waals surface area contributed by atoms with Gasteiger partial charge in [0.05, 0.1) is 6.54 Å². The average Bonchev–Trinajstić information content (AvgIpc) is 2.98. The second-order valence-corrected chi connectivity index (χ2v) is 5.74. The molecule has 0 amide bonds. The number of aromatic nitrogens is 4. The monoisotopic (exact) mass is 358 g/mol. The fourth-order valence-corrected chi connectivity index (χ4v) is 2.31. The van der Waals surface area contributed by atoms with Gasteiger partial charge in [-0.25, -0.2) is 0 Å². The summed E-state index contributed by atoms with van der Waals surface area (Å²) >= 11 is 3.39. The normalized spacial score (nSPS) is 10.6. The van der Waals surface area contributed by atoms with Gasteiger partial charge in [-0.1, -0.05) is 40.2 Å². The van der Waals surface area contributed by atoms with Crippen molar-refractivity contribution >= 4 is 15.9 Å². The quantitative estimate of drug-likeness (QED) is 0.700. The molecule has 5 nitrogen and oxygen atoms in total. The predicted octanol–water partition coefficient (Wildman–Crippen LogP) is 3.49. The lowest BCUT2D eigenvalue weighted by Crippen LogP contribution is -2.11. The standard InChI is InChI=1S/C16H15BrN4O/c1-12-4-2-3-5-15(12)16-18-20-21(19-16)10-11-22-14-8-6-13(17)7-9-14/h2-9H,10-11H2,1H3. The van der Waals surface area contributed by atoms with Gasteiger partial charge in [0, 0.05) is 10.0 Å². The average molecular weight is 359 g/mol. The molecule has 0 atom stereocenters. The molecule has 0 radical (unpaired) electrons. The summed E-state index contributed by atoms with van der Waals surface area (Å²) in [4.78, 5) is 1.56. The van der Waals surface area contributed by atoms with Crippen LogP contribution in [0.5, 0.6) is 5.75 Å². The summed E-state index contributed by atoms with van der Waals surface area (Å²) in [5.74, 6) is 1.46. The molecule has 3 rings (SSSR count). The fraction of sp³-hybridized carbons (Fsp3) is 0.188. The number of hydrogen-bond donors (Lipinski definition) is 0. The van der Waals surface area contributed by atoms with Gasteiger partial charge in [0.15, 0.2) is 0 Å². The Hall–Kier alpha value is -2.21. The van der Waals surface area contributed by atoms with E-state index in [9.17, 15) is 0 Å². The van der Waals surface area contributed by atoms with Crippen LogP contribution in [0.2, 0.25) is 0 Å². The van der Waals surface area contributed by atoms with Crippen LogP contribution in [0.1, 0.15) is 5.56 Å². The molecule has 0 spiro atoms. The minimum absolute atomic E-state index is 0.491. The van der Waals surface area contributed by atoms with E-state index in [-0.39, 0.29) is 0 Å². The van der Waals surface area contributed by atoms with Gasteiger partial charge in [-0.05, 0) is 42.0 Å². The van der Waals surface area contributed by atoms with E-state index in [0.29, 0.717) is 19.0 Å². The molecule has 1 aromatic heterocycles. The van der Waals surface area contributed by atoms with Crippen LogP contribution in [0, 0.1) is 6.92 Å². The predicted molar refractivity (Wildman–Crippen MR) is 87.6 cm³/mol. The van der Waals surface area contributed by atoms with Crippen molar-refractivity contribution in [2.45, 2.75) is 13.5 Å². The summed E-state index contributed by atoms with van der Waals surface area (Å²) in [6, 6.07) is 15.7. The molecule has 22 heavy (non-hydrogen) atoms. The molecule has 0 saturated heterocycles. The van der Waals surface area contributed by atoms with Crippen LogP contribution in [0.4, 0.5) is 0 Å². The van der Waals surface area contributed by atoms with Crippen molar-refractivity contribution in [2.24, 2.45) is 0 Å². The molecule has 0 aliphatic rings. The third kappa shape index (κ3) is 3.51. The van der Waals surface area contributed by atoms with E-state index >= 15 is 0 Å². The third-order valence-electron chi connectivity index (χ3n) is 3.21. The Morgan fingerprint density at radius 3 is 2.64 bits per heavy atom. The van der Waals surface area contributed by atoms with Crippen LogP contribution in [0.3, 0.4) is 0 Å². The number of ether oxygens (including phenoxy) is 1. The highest BCUT2D eigenvalue weighted by Crippen LogP contribution is 2.18. The topological polar surface area (TPSA) is 52.8 Å². The zero-order chi connectivity index (χ0) is 15.4. The van der Waals surface area contributed by atoms with Crippen LogP contribution >= 0.6 is 15.9 Å². The maximum atomic E-state index is 5.65. The van der Waals surface area contributed by atoms with E-state index in [1.54, 1.807) is 4.80 Å². The summed E-state index contributed by atoms with van der Waals surface area (Å²) in [5, 5.41) is 12.6. The first-order valence-electron chi connectivity index (χ1n) is 6.94. The van der Waals surface area contributed by atoms with Gasteiger partial charge in [0.1, 0.15) is 12.4 Å². The van der Waals surface area contributed by atoms with Gasteiger partial charge >= 0.3 is 0 Å². The van der Waals surface area contributed by atoms with Crippen molar-refractivity contribution in [2.75, 3.05) is 6.61 Å². The van der Waals surface area contributed by atoms with Crippen LogP contribution < -0.4 is 4.74 Å². The number of tetrazole rings is 1. The fourth-order valence-electron chi connectivity index (χ4n) is 2.05. The zero-order valence-electron chi connectivity index (χ0n) is 12.1. The van der Waals surface area contributed by atoms with Crippen molar-refractivity contribution in [1.29, 1.82) is 0 Å². The first-order chi connectivity index (χ1) is 10.7. The molecule has 0 bridgehead atoms. The van der Waals surface area contributed by atoms with Crippen LogP contribution in [0.15, 0.2) is 53.0 Å². The molecule has 0 unspecified atom stereocenters. The van der Waals surface area contributed by atoms with Gasteiger partial charge in [-0.3, -0.25) is 0 Å². The first kappa shape index (κ1) is 14.7. The highest BCUT2D eigenvalue weighted by Gasteiger charge is 2.08. The van der Waals surface area contributed by atoms with Crippen molar-refractivity contribution in [3.8, 4) is 17.1 Å². The molecule has 6 heteroatoms. The second kappa shape index (κ2) is 6.70. The zero-order valence-corrected chi connectivity index (χ0v) is 13.7. The van der Waals surface area contributed by atoms with Crippen molar-refractivity contribution in [1.82, 2.24) is 20.2 Å². The Morgan fingerprint density at radius 2 is 1.86 bits per heavy atom. The summed E-state index contributed by atoms with van der Waals surface area (Å²) in [6.07, 6.45) is 0. The number of benzene rings is 2. The molecule has 0 fully saturated rings. The van der Waals surface area contributed by atoms with E-state index in [4.69, 9.17) is 4.74 Å². The molecule has 112 valence electrons. The van der Waals surface area contributed by atoms with Crippen LogP contribution in [-0.2, 0) is 6.54 Å². The Kier molecular flexibility index (Phi) is 4.48. The summed E-state index contributed by atoms with van der Waals surface area (Å²) in [5.41, 5.74) is 2.13. The minimum atomic E-state index is 0.491. The van der Waals surface area contributed by atoms with E-state index in [1.165, 1.54) is 0 Å². The largest absolute Gasteiger partial charge is 0.492 e. The maximum absolute atomic E-state index is 5.65. The van der Waals surface area contributed by atoms with E-state index < -0.39 is 0 Å². The lowest BCUT2D eigenvalue weighted by atomic mass is 10.1. The highest BCUT2D eigenvalue weighted by atomic mass is 79.9. The van der Waals surface area contributed by atoms with E-state index in [2.05, 4.69) is 31.3 Å². The third-order valence-corrected chi connectivity index (χ3v) is 3.74. The van der Waals surface area contributed by atoms with Crippen molar-refractivity contribution < 1.29 is 4.74 Å². The number of nitrogens with zero attached hydrogens (tertiary/aromatic N) is 4. The number of hydrogen-bond acceptors (Lipinski definition) is 4. The molecular weight excluding hydrogens is 344 g/mol. The van der Waals surface area contributed by atoms with Gasteiger partial charge in [-0.15, -0.1) is 10.2 Å². The Labute approximate surface area is 137 Å². The lowest BCUT2D eigenvalue weighted by molar-refractivity contribution is 0.280. The van der Waals surface area contributed by atoms with Crippen LogP contribution in [0.25, 0.3) is 11.4 Å². The summed E-state index contributed by atoms with van der Waals surface area (Å²) in [7, 11) is 0. The Bertz CT molecular complexity index is 755. The molecule has 0 aliphatic carbocycles. The maximum Gasteiger partial charge on any atom is 0.205 e. The Morgan fingerprint density at radius 1 is 1.09 bits per heavy atom. The summed E-state index contributed by atoms with van der Waals surface area (Å²) in [6.45, 7) is 3.08. The molecule has 0 saturated carbocycles. The second-order valence-electron chi connectivity index (χ2n) is 4.83. The summed E-state index contributed by atoms with van der Waals surface area (Å²) < 4.78 is 6.68. The smallest absolute Gasteiger partial charge is 0.205 e. The van der Waals surface area contributed by atoms with Gasteiger partial charge < -0.3 is 4.74 Å². The first-order valence-corrected chi connectivity index (χ1v) is 7.74.